The fourth-order valence-electron chi connectivity index (χ4n) is 2.94. The molecule has 6 heteroatoms. The zero-order valence-electron chi connectivity index (χ0n) is 14.2. The fraction of sp³-hybridized carbons (Fsp3) is 0.250. The molecule has 0 atom stereocenters. The minimum Gasteiger partial charge on any atom is -0.393 e. The average molecular weight is 352 g/mol. The average Bonchev–Trinajstić information content (AvgIpc) is 2.67. The molecule has 0 spiro atoms. The van der Waals surface area contributed by atoms with Crippen LogP contribution in [-0.4, -0.2) is 35.0 Å². The maximum atomic E-state index is 12.3. The fourth-order valence-corrected chi connectivity index (χ4v) is 2.94. The van der Waals surface area contributed by atoms with Gasteiger partial charge < -0.3 is 10.0 Å². The third-order valence-corrected chi connectivity index (χ3v) is 4.51. The molecule has 0 unspecified atom stereocenters. The van der Waals surface area contributed by atoms with E-state index in [1.807, 2.05) is 12.1 Å². The molecule has 0 radical (unpaired) electrons. The summed E-state index contributed by atoms with van der Waals surface area (Å²) in [6, 6.07) is 13.5. The molecule has 0 aromatic heterocycles. The highest BCUT2D eigenvalue weighted by molar-refractivity contribution is 6.07. The Labute approximate surface area is 151 Å². The summed E-state index contributed by atoms with van der Waals surface area (Å²) in [6.45, 7) is 1.63. The van der Waals surface area contributed by atoms with E-state index in [9.17, 15) is 20.0 Å². The normalized spacial score (nSPS) is 15.3. The molecule has 0 aliphatic carbocycles. The number of hydrogen-bond acceptors (Lipinski definition) is 5. The van der Waals surface area contributed by atoms with Crippen LogP contribution in [0.4, 0.5) is 11.4 Å². The lowest BCUT2D eigenvalue weighted by Gasteiger charge is -2.31. The van der Waals surface area contributed by atoms with E-state index in [0.29, 0.717) is 5.56 Å². The Balaban J connectivity index is 1.63. The summed E-state index contributed by atoms with van der Waals surface area (Å²) in [6.07, 6.45) is 4.42. The van der Waals surface area contributed by atoms with Crippen molar-refractivity contribution in [2.75, 3.05) is 18.0 Å². The molecular weight excluding hydrogens is 332 g/mol. The number of benzene rings is 2. The first-order valence-electron chi connectivity index (χ1n) is 8.53. The predicted molar refractivity (Wildman–Crippen MR) is 100 cm³/mol. The zero-order chi connectivity index (χ0) is 18.5. The third kappa shape index (κ3) is 4.34. The molecule has 1 saturated heterocycles. The smallest absolute Gasteiger partial charge is 0.269 e. The van der Waals surface area contributed by atoms with Gasteiger partial charge in [0.2, 0.25) is 0 Å². The van der Waals surface area contributed by atoms with Crippen molar-refractivity contribution in [1.82, 2.24) is 0 Å². The van der Waals surface area contributed by atoms with E-state index in [1.54, 1.807) is 30.3 Å². The Bertz CT molecular complexity index is 805. The molecule has 0 bridgehead atoms. The van der Waals surface area contributed by atoms with Crippen LogP contribution in [0, 0.1) is 10.1 Å². The predicted octanol–water partition coefficient (Wildman–Crippen LogP) is 3.45. The summed E-state index contributed by atoms with van der Waals surface area (Å²) in [4.78, 5) is 24.7. The van der Waals surface area contributed by atoms with Crippen molar-refractivity contribution in [2.45, 2.75) is 18.9 Å². The van der Waals surface area contributed by atoms with Gasteiger partial charge in [0.25, 0.3) is 5.69 Å². The van der Waals surface area contributed by atoms with Crippen LogP contribution >= 0.6 is 0 Å². The van der Waals surface area contributed by atoms with Crippen molar-refractivity contribution >= 4 is 23.2 Å². The highest BCUT2D eigenvalue weighted by atomic mass is 16.6. The van der Waals surface area contributed by atoms with Gasteiger partial charge in [0.15, 0.2) is 5.78 Å². The maximum absolute atomic E-state index is 12.3. The largest absolute Gasteiger partial charge is 0.393 e. The lowest BCUT2D eigenvalue weighted by molar-refractivity contribution is -0.384. The number of ketones is 1. The van der Waals surface area contributed by atoms with Crippen LogP contribution in [0.2, 0.25) is 0 Å². The standard InChI is InChI=1S/C20H20N2O4/c23-19-11-13-21(14-12-19)17-8-4-16(5-9-17)20(24)10-3-15-1-6-18(7-2-15)22(25)26/h1-10,19,23H,11-14H2/b10-3+. The number of piperidine rings is 1. The summed E-state index contributed by atoms with van der Waals surface area (Å²) in [5, 5.41) is 20.2. The molecule has 134 valence electrons. The number of anilines is 1. The van der Waals surface area contributed by atoms with E-state index in [0.717, 1.165) is 37.2 Å². The molecule has 2 aromatic carbocycles. The van der Waals surface area contributed by atoms with Crippen molar-refractivity contribution in [2.24, 2.45) is 0 Å². The first-order valence-corrected chi connectivity index (χ1v) is 8.53. The zero-order valence-corrected chi connectivity index (χ0v) is 14.2. The Morgan fingerprint density at radius 1 is 1.08 bits per heavy atom. The van der Waals surface area contributed by atoms with Crippen molar-refractivity contribution in [3.8, 4) is 0 Å². The summed E-state index contributed by atoms with van der Waals surface area (Å²) in [7, 11) is 0. The summed E-state index contributed by atoms with van der Waals surface area (Å²) >= 11 is 0. The molecule has 2 aromatic rings. The van der Waals surface area contributed by atoms with Crippen molar-refractivity contribution in [3.63, 3.8) is 0 Å². The number of nitrogens with zero attached hydrogens (tertiary/aromatic N) is 2. The lowest BCUT2D eigenvalue weighted by Crippen LogP contribution is -2.35. The first kappa shape index (κ1) is 17.8. The molecular formula is C20H20N2O4. The van der Waals surface area contributed by atoms with Gasteiger partial charge in [0.05, 0.1) is 11.0 Å². The van der Waals surface area contributed by atoms with Gasteiger partial charge >= 0.3 is 0 Å². The molecule has 1 N–H and O–H groups in total. The van der Waals surface area contributed by atoms with Crippen molar-refractivity contribution in [3.05, 3.63) is 75.8 Å². The maximum Gasteiger partial charge on any atom is 0.269 e. The number of carbonyl (C=O) groups is 1. The van der Waals surface area contributed by atoms with Gasteiger partial charge in [-0.1, -0.05) is 6.08 Å². The molecule has 3 rings (SSSR count). The number of aliphatic hydroxyl groups excluding tert-OH is 1. The van der Waals surface area contributed by atoms with Crippen LogP contribution in [-0.2, 0) is 0 Å². The number of hydrogen-bond donors (Lipinski definition) is 1. The number of nitro benzene ring substituents is 1. The van der Waals surface area contributed by atoms with E-state index in [-0.39, 0.29) is 17.6 Å². The topological polar surface area (TPSA) is 83.7 Å². The number of nitro groups is 1. The van der Waals surface area contributed by atoms with Gasteiger partial charge in [0, 0.05) is 36.5 Å². The van der Waals surface area contributed by atoms with Gasteiger partial charge in [0.1, 0.15) is 0 Å². The third-order valence-electron chi connectivity index (χ3n) is 4.51. The molecule has 1 aliphatic rings. The second kappa shape index (κ2) is 7.93. The number of aliphatic hydroxyl groups is 1. The molecule has 0 amide bonds. The van der Waals surface area contributed by atoms with Crippen LogP contribution in [0.5, 0.6) is 0 Å². The van der Waals surface area contributed by atoms with E-state index in [2.05, 4.69) is 4.90 Å². The van der Waals surface area contributed by atoms with Gasteiger partial charge in [-0.25, -0.2) is 0 Å². The molecule has 1 heterocycles. The number of rotatable bonds is 5. The molecule has 1 fully saturated rings. The second-order valence-corrected chi connectivity index (χ2v) is 6.31. The van der Waals surface area contributed by atoms with E-state index < -0.39 is 4.92 Å². The lowest BCUT2D eigenvalue weighted by atomic mass is 10.1. The van der Waals surface area contributed by atoms with Crippen molar-refractivity contribution < 1.29 is 14.8 Å². The van der Waals surface area contributed by atoms with Gasteiger partial charge in [-0.05, 0) is 60.9 Å². The Morgan fingerprint density at radius 3 is 2.27 bits per heavy atom. The van der Waals surface area contributed by atoms with Crippen LogP contribution in [0.15, 0.2) is 54.6 Å². The Kier molecular flexibility index (Phi) is 5.43. The van der Waals surface area contributed by atoms with E-state index in [1.165, 1.54) is 18.2 Å². The quantitative estimate of drug-likeness (QED) is 0.386. The number of non-ortho nitro benzene ring substituents is 1. The molecule has 26 heavy (non-hydrogen) atoms. The van der Waals surface area contributed by atoms with Crippen molar-refractivity contribution in [1.29, 1.82) is 0 Å². The minimum absolute atomic E-state index is 0.0225. The Morgan fingerprint density at radius 2 is 1.69 bits per heavy atom. The van der Waals surface area contributed by atoms with Gasteiger partial charge in [-0.3, -0.25) is 14.9 Å². The van der Waals surface area contributed by atoms with Gasteiger partial charge in [-0.2, -0.15) is 0 Å². The molecule has 0 saturated carbocycles. The van der Waals surface area contributed by atoms with E-state index >= 15 is 0 Å². The minimum atomic E-state index is -0.455. The van der Waals surface area contributed by atoms with E-state index in [4.69, 9.17) is 0 Å². The second-order valence-electron chi connectivity index (χ2n) is 6.31. The van der Waals surface area contributed by atoms with Crippen LogP contribution < -0.4 is 4.90 Å². The van der Waals surface area contributed by atoms with Gasteiger partial charge in [-0.15, -0.1) is 0 Å². The summed E-state index contributed by atoms with van der Waals surface area (Å²) in [5.74, 6) is -0.121. The summed E-state index contributed by atoms with van der Waals surface area (Å²) < 4.78 is 0. The van der Waals surface area contributed by atoms with Crippen LogP contribution in [0.3, 0.4) is 0 Å². The Hall–Kier alpha value is -2.99. The van der Waals surface area contributed by atoms with Crippen LogP contribution in [0.1, 0.15) is 28.8 Å². The highest BCUT2D eigenvalue weighted by Gasteiger charge is 2.17. The monoisotopic (exact) mass is 352 g/mol. The number of allylic oxidation sites excluding steroid dienone is 1. The number of carbonyl (C=O) groups excluding carboxylic acids is 1. The SMILES string of the molecule is O=C(/C=C/c1ccc([N+](=O)[O-])cc1)c1ccc(N2CCC(O)CC2)cc1. The summed E-state index contributed by atoms with van der Waals surface area (Å²) in [5.41, 5.74) is 2.39. The molecule has 1 aliphatic heterocycles. The highest BCUT2D eigenvalue weighted by Crippen LogP contribution is 2.21. The molecule has 6 nitrogen and oxygen atoms in total. The first-order chi connectivity index (χ1) is 12.5. The van der Waals surface area contributed by atoms with Crippen LogP contribution in [0.25, 0.3) is 6.08 Å².